The summed E-state index contributed by atoms with van der Waals surface area (Å²) in [5.41, 5.74) is 4.14. The maximum atomic E-state index is 13.0. The summed E-state index contributed by atoms with van der Waals surface area (Å²) < 4.78 is 5.80. The molecule has 0 unspecified atom stereocenters. The van der Waals surface area contributed by atoms with Crippen LogP contribution in [0.15, 0.2) is 42.5 Å². The van der Waals surface area contributed by atoms with E-state index in [1.165, 1.54) is 0 Å². The van der Waals surface area contributed by atoms with Crippen LogP contribution in [0.25, 0.3) is 0 Å². The molecule has 5 nitrogen and oxygen atoms in total. The number of rotatable bonds is 8. The Labute approximate surface area is 167 Å². The molecule has 0 radical (unpaired) electrons. The standard InChI is InChI=1S/C23H30N2O3/c1-6-24-23(27)19(5)25(14-20-10-8-7-9-17(20)3)22(26)15-28-21-13-16(2)11-12-18(21)4/h7-13,19H,6,14-15H2,1-5H3,(H,24,27)/t19-/m1/s1. The minimum Gasteiger partial charge on any atom is -0.483 e. The predicted octanol–water partition coefficient (Wildman–Crippen LogP) is 3.54. The first-order chi connectivity index (χ1) is 13.3. The Bertz CT molecular complexity index is 832. The van der Waals surface area contributed by atoms with E-state index in [4.69, 9.17) is 4.74 Å². The Balaban J connectivity index is 2.19. The number of nitrogens with one attached hydrogen (secondary N) is 1. The molecule has 2 aromatic rings. The highest BCUT2D eigenvalue weighted by Gasteiger charge is 2.26. The quantitative estimate of drug-likeness (QED) is 0.760. The molecule has 1 atom stereocenters. The molecule has 0 heterocycles. The number of amides is 2. The van der Waals surface area contributed by atoms with Crippen LogP contribution in [0, 0.1) is 20.8 Å². The second-order valence-corrected chi connectivity index (χ2v) is 7.08. The molecule has 2 rings (SSSR count). The van der Waals surface area contributed by atoms with Crippen LogP contribution < -0.4 is 10.1 Å². The van der Waals surface area contributed by atoms with Crippen molar-refractivity contribution in [3.63, 3.8) is 0 Å². The van der Waals surface area contributed by atoms with Gasteiger partial charge >= 0.3 is 0 Å². The highest BCUT2D eigenvalue weighted by molar-refractivity contribution is 5.88. The van der Waals surface area contributed by atoms with Gasteiger partial charge in [0.25, 0.3) is 5.91 Å². The molecular formula is C23H30N2O3. The smallest absolute Gasteiger partial charge is 0.261 e. The van der Waals surface area contributed by atoms with Crippen molar-refractivity contribution >= 4 is 11.8 Å². The summed E-state index contributed by atoms with van der Waals surface area (Å²) in [6.45, 7) is 10.3. The molecule has 0 saturated heterocycles. The van der Waals surface area contributed by atoms with Crippen molar-refractivity contribution in [2.75, 3.05) is 13.2 Å². The number of aryl methyl sites for hydroxylation is 3. The van der Waals surface area contributed by atoms with Crippen molar-refractivity contribution in [1.29, 1.82) is 0 Å². The normalized spacial score (nSPS) is 11.6. The first kappa shape index (κ1) is 21.5. The van der Waals surface area contributed by atoms with Gasteiger partial charge in [-0.3, -0.25) is 9.59 Å². The minimum atomic E-state index is -0.589. The summed E-state index contributed by atoms with van der Waals surface area (Å²) in [6, 6.07) is 13.2. The van der Waals surface area contributed by atoms with Crippen LogP contribution >= 0.6 is 0 Å². The fourth-order valence-electron chi connectivity index (χ4n) is 2.96. The van der Waals surface area contributed by atoms with Crippen LogP contribution in [-0.2, 0) is 16.1 Å². The number of hydrogen-bond acceptors (Lipinski definition) is 3. The van der Waals surface area contributed by atoms with Crippen LogP contribution in [-0.4, -0.2) is 35.9 Å². The lowest BCUT2D eigenvalue weighted by Crippen LogP contribution is -2.49. The predicted molar refractivity (Wildman–Crippen MR) is 111 cm³/mol. The second kappa shape index (κ2) is 9.93. The van der Waals surface area contributed by atoms with E-state index in [0.29, 0.717) is 18.8 Å². The number of carbonyl (C=O) groups is 2. The zero-order valence-electron chi connectivity index (χ0n) is 17.4. The molecule has 5 heteroatoms. The molecule has 150 valence electrons. The molecule has 2 aromatic carbocycles. The van der Waals surface area contributed by atoms with Gasteiger partial charge in [-0.1, -0.05) is 36.4 Å². The Morgan fingerprint density at radius 2 is 1.79 bits per heavy atom. The minimum absolute atomic E-state index is 0.111. The Morgan fingerprint density at radius 1 is 1.07 bits per heavy atom. The van der Waals surface area contributed by atoms with Gasteiger partial charge in [0.05, 0.1) is 0 Å². The van der Waals surface area contributed by atoms with Gasteiger partial charge in [0.15, 0.2) is 6.61 Å². The first-order valence-corrected chi connectivity index (χ1v) is 9.65. The third-order valence-corrected chi connectivity index (χ3v) is 4.82. The van der Waals surface area contributed by atoms with Crippen LogP contribution in [0.2, 0.25) is 0 Å². The summed E-state index contributed by atoms with van der Waals surface area (Å²) in [5.74, 6) is 0.300. The van der Waals surface area contributed by atoms with Gasteiger partial charge in [-0.25, -0.2) is 0 Å². The summed E-state index contributed by atoms with van der Waals surface area (Å²) in [6.07, 6.45) is 0. The molecule has 0 aliphatic heterocycles. The third-order valence-electron chi connectivity index (χ3n) is 4.82. The van der Waals surface area contributed by atoms with E-state index < -0.39 is 6.04 Å². The molecule has 0 aromatic heterocycles. The molecule has 2 amide bonds. The lowest BCUT2D eigenvalue weighted by Gasteiger charge is -2.29. The van der Waals surface area contributed by atoms with Gasteiger partial charge in [-0.2, -0.15) is 0 Å². The van der Waals surface area contributed by atoms with Crippen LogP contribution in [0.4, 0.5) is 0 Å². The number of ether oxygens (including phenoxy) is 1. The molecule has 0 saturated carbocycles. The third kappa shape index (κ3) is 5.59. The van der Waals surface area contributed by atoms with E-state index in [2.05, 4.69) is 5.32 Å². The zero-order valence-corrected chi connectivity index (χ0v) is 17.4. The average molecular weight is 383 g/mol. The molecule has 1 N–H and O–H groups in total. The lowest BCUT2D eigenvalue weighted by molar-refractivity contribution is -0.142. The fourth-order valence-corrected chi connectivity index (χ4v) is 2.96. The van der Waals surface area contributed by atoms with E-state index in [0.717, 1.165) is 22.3 Å². The van der Waals surface area contributed by atoms with Crippen LogP contribution in [0.5, 0.6) is 5.75 Å². The Hall–Kier alpha value is -2.82. The van der Waals surface area contributed by atoms with Crippen LogP contribution in [0.3, 0.4) is 0 Å². The number of nitrogens with zero attached hydrogens (tertiary/aromatic N) is 1. The topological polar surface area (TPSA) is 58.6 Å². The SMILES string of the molecule is CCNC(=O)[C@@H](C)N(Cc1ccccc1C)C(=O)COc1cc(C)ccc1C. The summed E-state index contributed by atoms with van der Waals surface area (Å²) in [7, 11) is 0. The molecule has 0 bridgehead atoms. The maximum Gasteiger partial charge on any atom is 0.261 e. The van der Waals surface area contributed by atoms with Gasteiger partial charge in [0, 0.05) is 13.1 Å². The van der Waals surface area contributed by atoms with Crippen molar-refractivity contribution in [3.05, 3.63) is 64.7 Å². The largest absolute Gasteiger partial charge is 0.483 e. The summed E-state index contributed by atoms with van der Waals surface area (Å²) in [4.78, 5) is 27.0. The van der Waals surface area contributed by atoms with Gasteiger partial charge in [-0.05, 0) is 62.9 Å². The fraction of sp³-hybridized carbons (Fsp3) is 0.391. The highest BCUT2D eigenvalue weighted by atomic mass is 16.5. The molecular weight excluding hydrogens is 352 g/mol. The monoisotopic (exact) mass is 382 g/mol. The van der Waals surface area contributed by atoms with Gasteiger partial charge in [-0.15, -0.1) is 0 Å². The molecule has 0 fully saturated rings. The van der Waals surface area contributed by atoms with Crippen molar-refractivity contribution in [2.45, 2.75) is 47.2 Å². The van der Waals surface area contributed by atoms with Crippen molar-refractivity contribution in [2.24, 2.45) is 0 Å². The number of benzene rings is 2. The number of carbonyl (C=O) groups excluding carboxylic acids is 2. The van der Waals surface area contributed by atoms with Crippen molar-refractivity contribution in [3.8, 4) is 5.75 Å². The zero-order chi connectivity index (χ0) is 20.7. The maximum absolute atomic E-state index is 13.0. The van der Waals surface area contributed by atoms with Crippen LogP contribution in [0.1, 0.15) is 36.1 Å². The lowest BCUT2D eigenvalue weighted by atomic mass is 10.1. The van der Waals surface area contributed by atoms with Gasteiger partial charge in [0.1, 0.15) is 11.8 Å². The van der Waals surface area contributed by atoms with E-state index >= 15 is 0 Å². The molecule has 0 aliphatic rings. The second-order valence-electron chi connectivity index (χ2n) is 7.08. The van der Waals surface area contributed by atoms with E-state index in [-0.39, 0.29) is 18.4 Å². The molecule has 0 spiro atoms. The molecule has 28 heavy (non-hydrogen) atoms. The van der Waals surface area contributed by atoms with Gasteiger partial charge < -0.3 is 15.0 Å². The summed E-state index contributed by atoms with van der Waals surface area (Å²) >= 11 is 0. The van der Waals surface area contributed by atoms with Gasteiger partial charge in [0.2, 0.25) is 5.91 Å². The number of likely N-dealkylation sites (N-methyl/N-ethyl adjacent to an activating group) is 1. The number of hydrogen-bond donors (Lipinski definition) is 1. The highest BCUT2D eigenvalue weighted by Crippen LogP contribution is 2.20. The summed E-state index contributed by atoms with van der Waals surface area (Å²) in [5, 5.41) is 2.80. The Morgan fingerprint density at radius 3 is 2.46 bits per heavy atom. The van der Waals surface area contributed by atoms with E-state index in [9.17, 15) is 9.59 Å². The first-order valence-electron chi connectivity index (χ1n) is 9.65. The molecule has 0 aliphatic carbocycles. The van der Waals surface area contributed by atoms with E-state index in [1.807, 2.05) is 70.2 Å². The van der Waals surface area contributed by atoms with Crippen molar-refractivity contribution in [1.82, 2.24) is 10.2 Å². The van der Waals surface area contributed by atoms with Crippen molar-refractivity contribution < 1.29 is 14.3 Å². The average Bonchev–Trinajstić information content (AvgIpc) is 2.67. The van der Waals surface area contributed by atoms with E-state index in [1.54, 1.807) is 11.8 Å². The Kier molecular flexibility index (Phi) is 7.61.